The van der Waals surface area contributed by atoms with Gasteiger partial charge in [-0.05, 0) is 63.1 Å². The van der Waals surface area contributed by atoms with Crippen LogP contribution in [0.15, 0.2) is 91.0 Å². The minimum absolute atomic E-state index is 0.192. The van der Waals surface area contributed by atoms with E-state index in [1.807, 2.05) is 116 Å². The Bertz CT molecular complexity index is 1440. The van der Waals surface area contributed by atoms with Crippen molar-refractivity contribution < 1.29 is 43.6 Å². The molecule has 0 aliphatic carbocycles. The van der Waals surface area contributed by atoms with Gasteiger partial charge in [-0.2, -0.15) is 0 Å². The van der Waals surface area contributed by atoms with Gasteiger partial charge in [0, 0.05) is 19.6 Å². The van der Waals surface area contributed by atoms with Crippen LogP contribution >= 0.6 is 0 Å². The first-order valence-electron chi connectivity index (χ1n) is 17.1. The average molecular weight is 713 g/mol. The first kappa shape index (κ1) is 39.6. The van der Waals surface area contributed by atoms with Crippen LogP contribution in [0, 0.1) is 0 Å². The summed E-state index contributed by atoms with van der Waals surface area (Å²) in [4.78, 5) is 14.3. The van der Waals surface area contributed by atoms with Crippen molar-refractivity contribution in [1.82, 2.24) is 9.21 Å². The lowest BCUT2D eigenvalue weighted by molar-refractivity contribution is -0.217. The lowest BCUT2D eigenvalue weighted by Crippen LogP contribution is -2.46. The smallest absolute Gasteiger partial charge is 0.410 e. The number of ether oxygens (including phenoxy) is 3. The number of aliphatic hydroxyl groups is 4. The highest BCUT2D eigenvalue weighted by Gasteiger charge is 2.34. The van der Waals surface area contributed by atoms with Crippen molar-refractivity contribution in [2.75, 3.05) is 13.1 Å². The lowest BCUT2D eigenvalue weighted by atomic mass is 10.1. The second kappa shape index (κ2) is 19.4. The number of benzene rings is 3. The topological polar surface area (TPSA) is 149 Å². The molecule has 1 amide bonds. The third-order valence-corrected chi connectivity index (χ3v) is 10.2. The lowest BCUT2D eigenvalue weighted by Gasteiger charge is -2.35. The van der Waals surface area contributed by atoms with Crippen LogP contribution in [-0.4, -0.2) is 94.8 Å². The van der Waals surface area contributed by atoms with Crippen LogP contribution in [0.25, 0.3) is 0 Å². The fraction of sp³-hybridized carbons (Fsp3) is 0.500. The molecule has 0 aromatic heterocycles. The Balaban J connectivity index is 0.000000228. The number of carbonyl (C=O) groups excluding carboxylic acids is 1. The number of hydrogen-bond acceptors (Lipinski definition) is 9. The van der Waals surface area contributed by atoms with Gasteiger partial charge in [0.05, 0.1) is 23.5 Å². The standard InChI is InChI=1S/C21H25NO5.C17H27NO4S/c23-19-12-11-18(27-20(19)24)14-22(13-16-7-3-1-4-8-16)21(25)26-15-17-9-5-2-6-10-17;1-17(2,3)23(21)18(11-13-7-5-4-6-8-13)12-14-9-10-15(19)16(20)22-14/h1-10,18-20,23-24H,11-15H2;4-8,14-16,19-20H,9-12H2,1-3H3/t18-,19?,20?;14-,15?,16?,23-/m00/s1. The third-order valence-electron chi connectivity index (χ3n) is 8.36. The summed E-state index contributed by atoms with van der Waals surface area (Å²) in [6.07, 6.45) is -2.97. The molecule has 12 heteroatoms. The Kier molecular flexibility index (Phi) is 15.4. The van der Waals surface area contributed by atoms with Gasteiger partial charge in [0.15, 0.2) is 12.6 Å². The molecule has 50 heavy (non-hydrogen) atoms. The SMILES string of the molecule is CC(C)(C)[S@](=O)N(Cc1ccccc1)C[C@@H]1CCC(O)C(O)O1.O=C(OCc1ccccc1)N(Cc1ccccc1)C[C@@H]1CCC(O)C(O)O1. The Morgan fingerprint density at radius 3 is 1.60 bits per heavy atom. The summed E-state index contributed by atoms with van der Waals surface area (Å²) in [6, 6.07) is 29.0. The molecule has 7 atom stereocenters. The van der Waals surface area contributed by atoms with Crippen molar-refractivity contribution in [3.63, 3.8) is 0 Å². The van der Waals surface area contributed by atoms with Crippen molar-refractivity contribution in [3.8, 4) is 0 Å². The van der Waals surface area contributed by atoms with Crippen molar-refractivity contribution in [3.05, 3.63) is 108 Å². The minimum atomic E-state index is -1.22. The maximum atomic E-state index is 12.9. The largest absolute Gasteiger partial charge is 0.445 e. The van der Waals surface area contributed by atoms with E-state index in [9.17, 15) is 29.4 Å². The zero-order chi connectivity index (χ0) is 36.1. The fourth-order valence-electron chi connectivity index (χ4n) is 5.64. The molecule has 2 aliphatic rings. The summed E-state index contributed by atoms with van der Waals surface area (Å²) in [7, 11) is -1.19. The molecule has 3 aromatic carbocycles. The van der Waals surface area contributed by atoms with Gasteiger partial charge in [-0.3, -0.25) is 0 Å². The molecule has 11 nitrogen and oxygen atoms in total. The minimum Gasteiger partial charge on any atom is -0.445 e. The van der Waals surface area contributed by atoms with Crippen molar-refractivity contribution >= 4 is 17.1 Å². The van der Waals surface area contributed by atoms with Gasteiger partial charge in [0.2, 0.25) is 0 Å². The summed E-state index contributed by atoms with van der Waals surface area (Å²) < 4.78 is 30.7. The van der Waals surface area contributed by atoms with Gasteiger partial charge in [0.25, 0.3) is 0 Å². The summed E-state index contributed by atoms with van der Waals surface area (Å²) >= 11 is 0. The van der Waals surface area contributed by atoms with Gasteiger partial charge < -0.3 is 39.5 Å². The highest BCUT2D eigenvalue weighted by molar-refractivity contribution is 7.84. The van der Waals surface area contributed by atoms with Gasteiger partial charge >= 0.3 is 6.09 Å². The number of hydrogen-bond donors (Lipinski definition) is 4. The predicted octanol–water partition coefficient (Wildman–Crippen LogP) is 4.49. The molecule has 2 saturated heterocycles. The summed E-state index contributed by atoms with van der Waals surface area (Å²) in [5.74, 6) is 0. The van der Waals surface area contributed by atoms with Crippen LogP contribution in [0.5, 0.6) is 0 Å². The highest BCUT2D eigenvalue weighted by atomic mass is 32.2. The number of amides is 1. The van der Waals surface area contributed by atoms with E-state index >= 15 is 0 Å². The van der Waals surface area contributed by atoms with E-state index < -0.39 is 41.9 Å². The van der Waals surface area contributed by atoms with Crippen molar-refractivity contribution in [1.29, 1.82) is 0 Å². The third kappa shape index (κ3) is 12.8. The monoisotopic (exact) mass is 712 g/mol. The number of nitrogens with zero attached hydrogens (tertiary/aromatic N) is 2. The molecule has 4 unspecified atom stereocenters. The van der Waals surface area contributed by atoms with Gasteiger partial charge in [-0.1, -0.05) is 91.0 Å². The molecule has 2 heterocycles. The maximum absolute atomic E-state index is 12.9. The first-order chi connectivity index (χ1) is 23.9. The average Bonchev–Trinajstić information content (AvgIpc) is 3.11. The summed E-state index contributed by atoms with van der Waals surface area (Å²) in [5.41, 5.74) is 2.98. The van der Waals surface area contributed by atoms with Crippen LogP contribution in [-0.2, 0) is 44.9 Å². The Hall–Kier alpha value is -3.20. The van der Waals surface area contributed by atoms with Gasteiger partial charge in [0.1, 0.15) is 29.8 Å². The van der Waals surface area contributed by atoms with Gasteiger partial charge in [-0.25, -0.2) is 13.3 Å². The molecule has 0 bridgehead atoms. The zero-order valence-corrected chi connectivity index (χ0v) is 29.9. The van der Waals surface area contributed by atoms with Crippen molar-refractivity contribution in [2.24, 2.45) is 0 Å². The van der Waals surface area contributed by atoms with E-state index in [-0.39, 0.29) is 30.1 Å². The molecule has 2 aliphatic heterocycles. The zero-order valence-electron chi connectivity index (χ0n) is 29.1. The van der Waals surface area contributed by atoms with E-state index in [2.05, 4.69) is 0 Å². The first-order valence-corrected chi connectivity index (χ1v) is 18.2. The molecule has 2 fully saturated rings. The fourth-order valence-corrected chi connectivity index (χ4v) is 6.98. The molecule has 3 aromatic rings. The molecule has 0 spiro atoms. The second-order valence-electron chi connectivity index (χ2n) is 13.7. The van der Waals surface area contributed by atoms with E-state index in [1.54, 1.807) is 4.90 Å². The molecular weight excluding hydrogens is 660 g/mol. The molecule has 0 saturated carbocycles. The van der Waals surface area contributed by atoms with Crippen LogP contribution in [0.3, 0.4) is 0 Å². The van der Waals surface area contributed by atoms with Crippen molar-refractivity contribution in [2.45, 2.75) is 108 Å². The molecule has 4 N–H and O–H groups in total. The Morgan fingerprint density at radius 1 is 0.700 bits per heavy atom. The highest BCUT2D eigenvalue weighted by Crippen LogP contribution is 2.24. The number of rotatable bonds is 11. The Morgan fingerprint density at radius 2 is 1.14 bits per heavy atom. The van der Waals surface area contributed by atoms with E-state index in [0.29, 0.717) is 45.3 Å². The van der Waals surface area contributed by atoms with Gasteiger partial charge in [-0.15, -0.1) is 0 Å². The predicted molar refractivity (Wildman–Crippen MR) is 190 cm³/mol. The van der Waals surface area contributed by atoms with Crippen LogP contribution in [0.4, 0.5) is 4.79 Å². The molecule has 274 valence electrons. The number of carbonyl (C=O) groups is 1. The van der Waals surface area contributed by atoms with Crippen LogP contribution < -0.4 is 0 Å². The molecular formula is C38H52N2O9S. The van der Waals surface area contributed by atoms with Crippen LogP contribution in [0.1, 0.15) is 63.1 Å². The van der Waals surface area contributed by atoms with E-state index in [4.69, 9.17) is 14.2 Å². The normalized spacial score (nSPS) is 24.5. The van der Waals surface area contributed by atoms with E-state index in [1.165, 1.54) is 0 Å². The Labute approximate surface area is 298 Å². The van der Waals surface area contributed by atoms with E-state index in [0.717, 1.165) is 16.7 Å². The summed E-state index contributed by atoms with van der Waals surface area (Å²) in [6.45, 7) is 7.72. The summed E-state index contributed by atoms with van der Waals surface area (Å²) in [5, 5.41) is 38.6. The maximum Gasteiger partial charge on any atom is 0.410 e. The molecule has 0 radical (unpaired) electrons. The number of aliphatic hydroxyl groups excluding tert-OH is 4. The molecule has 5 rings (SSSR count). The van der Waals surface area contributed by atoms with Crippen LogP contribution in [0.2, 0.25) is 0 Å². The second-order valence-corrected chi connectivity index (χ2v) is 15.9. The quantitative estimate of drug-likeness (QED) is 0.226.